The van der Waals surface area contributed by atoms with Crippen LogP contribution in [0.25, 0.3) is 0 Å². The zero-order valence-electron chi connectivity index (χ0n) is 15.1. The first-order valence-corrected chi connectivity index (χ1v) is 8.51. The van der Waals surface area contributed by atoms with Crippen molar-refractivity contribution in [3.63, 3.8) is 0 Å². The van der Waals surface area contributed by atoms with Crippen LogP contribution in [0.2, 0.25) is 0 Å². The first-order valence-electron chi connectivity index (χ1n) is 8.51. The lowest BCUT2D eigenvalue weighted by molar-refractivity contribution is -0.114. The fourth-order valence-electron chi connectivity index (χ4n) is 2.62. The lowest BCUT2D eigenvalue weighted by atomic mass is 10.1. The number of anilines is 1. The number of nitrogens with one attached hydrogen (secondary N) is 1. The normalized spacial score (nSPS) is 11.6. The van der Waals surface area contributed by atoms with E-state index in [9.17, 15) is 9.59 Å². The average molecular weight is 364 g/mol. The number of aromatic nitrogens is 3. The Kier molecular flexibility index (Phi) is 5.61. The van der Waals surface area contributed by atoms with Gasteiger partial charge in [-0.1, -0.05) is 24.3 Å². The summed E-state index contributed by atoms with van der Waals surface area (Å²) in [6.45, 7) is 3.83. The van der Waals surface area contributed by atoms with Crippen molar-refractivity contribution in [3.8, 4) is 0 Å². The van der Waals surface area contributed by atoms with Crippen LogP contribution in [0, 0.1) is 0 Å². The molecule has 0 aliphatic rings. The molecular formula is C20H20N4O3. The minimum atomic E-state index is -0.443. The quantitative estimate of drug-likeness (QED) is 0.679. The smallest absolute Gasteiger partial charge is 0.338 e. The zero-order valence-corrected chi connectivity index (χ0v) is 15.1. The second-order valence-corrected chi connectivity index (χ2v) is 6.14. The van der Waals surface area contributed by atoms with Gasteiger partial charge in [-0.05, 0) is 42.3 Å². The van der Waals surface area contributed by atoms with Crippen LogP contribution in [0.1, 0.15) is 41.4 Å². The molecule has 7 heteroatoms. The van der Waals surface area contributed by atoms with Crippen LogP contribution in [0.15, 0.2) is 61.2 Å². The first kappa shape index (κ1) is 18.3. The van der Waals surface area contributed by atoms with E-state index in [0.29, 0.717) is 17.8 Å². The third-order valence-corrected chi connectivity index (χ3v) is 3.96. The Balaban J connectivity index is 1.63. The summed E-state index contributed by atoms with van der Waals surface area (Å²) in [4.78, 5) is 27.5. The standard InChI is InChI=1S/C20H20N4O3/c1-14(18-4-3-5-19(10-18)23-15(2)25)27-20(26)17-8-6-16(7-9-17)11-24-13-21-12-22-24/h3-10,12-14H,11H2,1-2H3,(H,23,25). The van der Waals surface area contributed by atoms with Gasteiger partial charge in [0.05, 0.1) is 12.1 Å². The summed E-state index contributed by atoms with van der Waals surface area (Å²) in [6.07, 6.45) is 2.67. The van der Waals surface area contributed by atoms with E-state index >= 15 is 0 Å². The molecule has 0 aliphatic carbocycles. The summed E-state index contributed by atoms with van der Waals surface area (Å²) in [5.74, 6) is -0.553. The molecule has 0 bridgehead atoms. The highest BCUT2D eigenvalue weighted by molar-refractivity contribution is 5.90. The highest BCUT2D eigenvalue weighted by atomic mass is 16.5. The second kappa shape index (κ2) is 8.27. The molecule has 1 unspecified atom stereocenters. The maximum atomic E-state index is 12.4. The predicted octanol–water partition coefficient (Wildman–Crippen LogP) is 3.20. The van der Waals surface area contributed by atoms with Crippen molar-refractivity contribution >= 4 is 17.6 Å². The van der Waals surface area contributed by atoms with Crippen molar-refractivity contribution in [2.75, 3.05) is 5.32 Å². The van der Waals surface area contributed by atoms with Crippen LogP contribution in [0.4, 0.5) is 5.69 Å². The number of hydrogen-bond donors (Lipinski definition) is 1. The largest absolute Gasteiger partial charge is 0.454 e. The molecule has 0 fully saturated rings. The molecule has 0 aliphatic heterocycles. The summed E-state index contributed by atoms with van der Waals surface area (Å²) in [5, 5.41) is 6.77. The molecule has 3 rings (SSSR count). The Labute approximate surface area is 157 Å². The number of benzene rings is 2. The van der Waals surface area contributed by atoms with Crippen molar-refractivity contribution in [1.29, 1.82) is 0 Å². The van der Waals surface area contributed by atoms with E-state index in [1.54, 1.807) is 42.2 Å². The van der Waals surface area contributed by atoms with Crippen molar-refractivity contribution in [1.82, 2.24) is 14.8 Å². The summed E-state index contributed by atoms with van der Waals surface area (Å²) in [5.41, 5.74) is 2.95. The first-order chi connectivity index (χ1) is 13.0. The maximum absolute atomic E-state index is 12.4. The molecule has 1 aromatic heterocycles. The molecule has 3 aromatic rings. The van der Waals surface area contributed by atoms with Gasteiger partial charge in [-0.25, -0.2) is 14.5 Å². The molecular weight excluding hydrogens is 344 g/mol. The van der Waals surface area contributed by atoms with Gasteiger partial charge in [-0.3, -0.25) is 4.79 Å². The highest BCUT2D eigenvalue weighted by Gasteiger charge is 2.14. The molecule has 0 radical (unpaired) electrons. The number of carbonyl (C=O) groups excluding carboxylic acids is 2. The minimum absolute atomic E-state index is 0.150. The van der Waals surface area contributed by atoms with Gasteiger partial charge >= 0.3 is 5.97 Å². The fraction of sp³-hybridized carbons (Fsp3) is 0.200. The van der Waals surface area contributed by atoms with Crippen LogP contribution in [-0.4, -0.2) is 26.6 Å². The second-order valence-electron chi connectivity index (χ2n) is 6.14. The Morgan fingerprint density at radius 2 is 1.96 bits per heavy atom. The van der Waals surface area contributed by atoms with Crippen LogP contribution < -0.4 is 5.32 Å². The topological polar surface area (TPSA) is 86.1 Å². The Hall–Kier alpha value is -3.48. The third-order valence-electron chi connectivity index (χ3n) is 3.96. The molecule has 0 saturated carbocycles. The average Bonchev–Trinajstić information content (AvgIpc) is 3.15. The van der Waals surface area contributed by atoms with Gasteiger partial charge in [0.15, 0.2) is 0 Å². The van der Waals surface area contributed by atoms with Gasteiger partial charge in [-0.15, -0.1) is 0 Å². The van der Waals surface area contributed by atoms with Gasteiger partial charge in [0.25, 0.3) is 0 Å². The minimum Gasteiger partial charge on any atom is -0.454 e. The third kappa shape index (κ3) is 5.01. The highest BCUT2D eigenvalue weighted by Crippen LogP contribution is 2.22. The lowest BCUT2D eigenvalue weighted by Crippen LogP contribution is -2.11. The van der Waals surface area contributed by atoms with E-state index in [2.05, 4.69) is 15.4 Å². The molecule has 1 N–H and O–H groups in total. The van der Waals surface area contributed by atoms with E-state index < -0.39 is 12.1 Å². The molecule has 27 heavy (non-hydrogen) atoms. The Morgan fingerprint density at radius 3 is 2.63 bits per heavy atom. The fourth-order valence-corrected chi connectivity index (χ4v) is 2.62. The summed E-state index contributed by atoms with van der Waals surface area (Å²) in [7, 11) is 0. The van der Waals surface area contributed by atoms with Crippen LogP contribution in [-0.2, 0) is 16.1 Å². The van der Waals surface area contributed by atoms with E-state index in [0.717, 1.165) is 11.1 Å². The maximum Gasteiger partial charge on any atom is 0.338 e. The summed E-state index contributed by atoms with van der Waals surface area (Å²) in [6, 6.07) is 14.4. The van der Waals surface area contributed by atoms with Gasteiger partial charge in [-0.2, -0.15) is 5.10 Å². The number of hydrogen-bond acceptors (Lipinski definition) is 5. The Bertz CT molecular complexity index is 921. The SMILES string of the molecule is CC(=O)Nc1cccc(C(C)OC(=O)c2ccc(Cn3cncn3)cc2)c1. The monoisotopic (exact) mass is 364 g/mol. The van der Waals surface area contributed by atoms with E-state index in [1.165, 1.54) is 13.3 Å². The predicted molar refractivity (Wildman–Crippen MR) is 100 cm³/mol. The number of rotatable bonds is 6. The molecule has 1 amide bonds. The summed E-state index contributed by atoms with van der Waals surface area (Å²) < 4.78 is 7.25. The molecule has 138 valence electrons. The van der Waals surface area contributed by atoms with Crippen LogP contribution >= 0.6 is 0 Å². The van der Waals surface area contributed by atoms with E-state index in [-0.39, 0.29) is 5.91 Å². The van der Waals surface area contributed by atoms with Gasteiger partial charge in [0, 0.05) is 12.6 Å². The van der Waals surface area contributed by atoms with Crippen LogP contribution in [0.3, 0.4) is 0 Å². The van der Waals surface area contributed by atoms with Gasteiger partial charge < -0.3 is 10.1 Å². The van der Waals surface area contributed by atoms with Crippen LogP contribution in [0.5, 0.6) is 0 Å². The molecule has 7 nitrogen and oxygen atoms in total. The molecule has 0 saturated heterocycles. The van der Waals surface area contributed by atoms with Crippen molar-refractivity contribution in [2.45, 2.75) is 26.5 Å². The molecule has 0 spiro atoms. The number of nitrogens with zero attached hydrogens (tertiary/aromatic N) is 3. The number of esters is 1. The number of amides is 1. The summed E-state index contributed by atoms with van der Waals surface area (Å²) >= 11 is 0. The van der Waals surface area contributed by atoms with Crippen molar-refractivity contribution in [2.24, 2.45) is 0 Å². The lowest BCUT2D eigenvalue weighted by Gasteiger charge is -2.15. The van der Waals surface area contributed by atoms with Crippen molar-refractivity contribution < 1.29 is 14.3 Å². The zero-order chi connectivity index (χ0) is 19.2. The van der Waals surface area contributed by atoms with E-state index in [1.807, 2.05) is 24.3 Å². The molecule has 1 atom stereocenters. The van der Waals surface area contributed by atoms with Crippen molar-refractivity contribution in [3.05, 3.63) is 77.9 Å². The van der Waals surface area contributed by atoms with E-state index in [4.69, 9.17) is 4.74 Å². The number of carbonyl (C=O) groups is 2. The van der Waals surface area contributed by atoms with Gasteiger partial charge in [0.2, 0.25) is 5.91 Å². The van der Waals surface area contributed by atoms with Gasteiger partial charge in [0.1, 0.15) is 18.8 Å². The Morgan fingerprint density at radius 1 is 1.19 bits per heavy atom. The molecule has 2 aromatic carbocycles. The molecule has 1 heterocycles. The number of ether oxygens (including phenoxy) is 1.